The van der Waals surface area contributed by atoms with Gasteiger partial charge in [0.15, 0.2) is 0 Å². The van der Waals surface area contributed by atoms with E-state index in [0.29, 0.717) is 19.8 Å². The molecule has 0 aliphatic carbocycles. The predicted molar refractivity (Wildman–Crippen MR) is 78.0 cm³/mol. The zero-order valence-electron chi connectivity index (χ0n) is 12.2. The van der Waals surface area contributed by atoms with Crippen molar-refractivity contribution >= 4 is 0 Å². The monoisotopic (exact) mass is 266 g/mol. The Morgan fingerprint density at radius 2 is 1.79 bits per heavy atom. The molecular formula is C15H26N2O2. The van der Waals surface area contributed by atoms with Crippen molar-refractivity contribution in [2.45, 2.75) is 32.7 Å². The van der Waals surface area contributed by atoms with E-state index in [9.17, 15) is 0 Å². The van der Waals surface area contributed by atoms with Crippen LogP contribution in [-0.2, 0) is 15.9 Å². The third kappa shape index (κ3) is 6.68. The molecule has 0 amide bonds. The van der Waals surface area contributed by atoms with Crippen LogP contribution in [0.2, 0.25) is 0 Å². The Balaban J connectivity index is 2.38. The quantitative estimate of drug-likeness (QED) is 0.406. The van der Waals surface area contributed by atoms with Crippen LogP contribution in [0.5, 0.6) is 0 Å². The van der Waals surface area contributed by atoms with Crippen LogP contribution in [0.4, 0.5) is 0 Å². The van der Waals surface area contributed by atoms with Crippen LogP contribution in [0.15, 0.2) is 18.2 Å². The first kappa shape index (κ1) is 16.1. The minimum absolute atomic E-state index is 0.240. The van der Waals surface area contributed by atoms with E-state index in [0.717, 1.165) is 12.8 Å². The van der Waals surface area contributed by atoms with Crippen LogP contribution in [-0.4, -0.2) is 33.0 Å². The molecule has 1 aromatic carbocycles. The Morgan fingerprint density at radius 3 is 2.37 bits per heavy atom. The van der Waals surface area contributed by atoms with Gasteiger partial charge in [-0.3, -0.25) is 11.3 Å². The van der Waals surface area contributed by atoms with Gasteiger partial charge >= 0.3 is 0 Å². The molecule has 0 saturated carbocycles. The number of benzene rings is 1. The smallest absolute Gasteiger partial charge is 0.0700 e. The van der Waals surface area contributed by atoms with Crippen LogP contribution < -0.4 is 11.3 Å². The first-order chi connectivity index (χ1) is 9.15. The summed E-state index contributed by atoms with van der Waals surface area (Å²) in [5, 5.41) is 0. The van der Waals surface area contributed by atoms with Gasteiger partial charge in [0, 0.05) is 19.8 Å². The highest BCUT2D eigenvalue weighted by Crippen LogP contribution is 2.12. The molecular weight excluding hydrogens is 240 g/mol. The van der Waals surface area contributed by atoms with E-state index in [1.165, 1.54) is 16.7 Å². The average molecular weight is 266 g/mol. The van der Waals surface area contributed by atoms with Crippen molar-refractivity contribution in [2.24, 2.45) is 5.84 Å². The van der Waals surface area contributed by atoms with Crippen molar-refractivity contribution in [3.05, 3.63) is 34.9 Å². The molecule has 0 aliphatic rings. The molecule has 4 nitrogen and oxygen atoms in total. The summed E-state index contributed by atoms with van der Waals surface area (Å²) in [5.41, 5.74) is 6.77. The van der Waals surface area contributed by atoms with Crippen molar-refractivity contribution in [2.75, 3.05) is 26.9 Å². The van der Waals surface area contributed by atoms with Gasteiger partial charge in [-0.05, 0) is 32.3 Å². The van der Waals surface area contributed by atoms with E-state index in [1.54, 1.807) is 7.11 Å². The topological polar surface area (TPSA) is 56.5 Å². The Bertz CT molecular complexity index is 349. The zero-order chi connectivity index (χ0) is 14.1. The number of aryl methyl sites for hydroxylation is 2. The molecule has 19 heavy (non-hydrogen) atoms. The third-order valence-corrected chi connectivity index (χ3v) is 3.04. The van der Waals surface area contributed by atoms with Crippen molar-refractivity contribution in [1.82, 2.24) is 5.43 Å². The van der Waals surface area contributed by atoms with Crippen molar-refractivity contribution in [3.8, 4) is 0 Å². The summed E-state index contributed by atoms with van der Waals surface area (Å²) < 4.78 is 10.4. The minimum atomic E-state index is 0.240. The second-order valence-corrected chi connectivity index (χ2v) is 4.96. The van der Waals surface area contributed by atoms with E-state index >= 15 is 0 Å². The summed E-state index contributed by atoms with van der Waals surface area (Å²) in [7, 11) is 1.67. The van der Waals surface area contributed by atoms with Gasteiger partial charge in [-0.1, -0.05) is 29.3 Å². The number of hydrazine groups is 1. The molecule has 0 spiro atoms. The summed E-state index contributed by atoms with van der Waals surface area (Å²) in [5.74, 6) is 5.61. The SMILES string of the molecule is COCCOCCC(Cc1cc(C)cc(C)c1)NN. The number of hydrogen-bond acceptors (Lipinski definition) is 4. The van der Waals surface area contributed by atoms with Gasteiger partial charge in [0.2, 0.25) is 0 Å². The normalized spacial score (nSPS) is 12.6. The molecule has 0 bridgehead atoms. The molecule has 1 aromatic rings. The van der Waals surface area contributed by atoms with E-state index in [-0.39, 0.29) is 6.04 Å². The van der Waals surface area contributed by atoms with Crippen molar-refractivity contribution in [3.63, 3.8) is 0 Å². The molecule has 3 N–H and O–H groups in total. The lowest BCUT2D eigenvalue weighted by molar-refractivity contribution is 0.0658. The molecule has 0 radical (unpaired) electrons. The summed E-state index contributed by atoms with van der Waals surface area (Å²) in [6.07, 6.45) is 1.82. The second-order valence-electron chi connectivity index (χ2n) is 4.96. The highest BCUT2D eigenvalue weighted by molar-refractivity contribution is 5.29. The molecule has 108 valence electrons. The Hall–Kier alpha value is -0.940. The second kappa shape index (κ2) is 9.04. The fourth-order valence-electron chi connectivity index (χ4n) is 2.19. The van der Waals surface area contributed by atoms with Gasteiger partial charge in [-0.25, -0.2) is 0 Å². The first-order valence-corrected chi connectivity index (χ1v) is 6.75. The van der Waals surface area contributed by atoms with Gasteiger partial charge in [-0.2, -0.15) is 0 Å². The third-order valence-electron chi connectivity index (χ3n) is 3.04. The fraction of sp³-hybridized carbons (Fsp3) is 0.600. The predicted octanol–water partition coefficient (Wildman–Crippen LogP) is 1.73. The van der Waals surface area contributed by atoms with Crippen molar-refractivity contribution in [1.29, 1.82) is 0 Å². The zero-order valence-corrected chi connectivity index (χ0v) is 12.2. The largest absolute Gasteiger partial charge is 0.382 e. The number of nitrogens with one attached hydrogen (secondary N) is 1. The molecule has 0 aliphatic heterocycles. The Kier molecular flexibility index (Phi) is 7.67. The molecule has 1 unspecified atom stereocenters. The molecule has 0 fully saturated rings. The number of methoxy groups -OCH3 is 1. The number of rotatable bonds is 9. The maximum atomic E-state index is 5.61. The van der Waals surface area contributed by atoms with E-state index < -0.39 is 0 Å². The van der Waals surface area contributed by atoms with Crippen LogP contribution in [0.25, 0.3) is 0 Å². The molecule has 0 aromatic heterocycles. The first-order valence-electron chi connectivity index (χ1n) is 6.75. The fourth-order valence-corrected chi connectivity index (χ4v) is 2.19. The lowest BCUT2D eigenvalue weighted by atomic mass is 10.00. The summed E-state index contributed by atoms with van der Waals surface area (Å²) >= 11 is 0. The lowest BCUT2D eigenvalue weighted by Gasteiger charge is -2.16. The number of ether oxygens (including phenoxy) is 2. The maximum absolute atomic E-state index is 5.61. The number of hydrogen-bond donors (Lipinski definition) is 2. The van der Waals surface area contributed by atoms with Gasteiger partial charge in [0.1, 0.15) is 0 Å². The minimum Gasteiger partial charge on any atom is -0.382 e. The van der Waals surface area contributed by atoms with Crippen LogP contribution in [0.1, 0.15) is 23.1 Å². The summed E-state index contributed by atoms with van der Waals surface area (Å²) in [6, 6.07) is 6.85. The molecule has 1 rings (SSSR count). The van der Waals surface area contributed by atoms with E-state index in [1.807, 2.05) is 0 Å². The Labute approximate surface area is 116 Å². The summed E-state index contributed by atoms with van der Waals surface area (Å²) in [4.78, 5) is 0. The standard InChI is InChI=1S/C15H26N2O2/c1-12-8-13(2)10-14(9-12)11-15(17-16)4-5-19-7-6-18-3/h8-10,15,17H,4-7,11,16H2,1-3H3. The van der Waals surface area contributed by atoms with Gasteiger partial charge in [0.25, 0.3) is 0 Å². The highest BCUT2D eigenvalue weighted by atomic mass is 16.5. The van der Waals surface area contributed by atoms with Crippen LogP contribution in [0, 0.1) is 13.8 Å². The average Bonchev–Trinajstić information content (AvgIpc) is 2.36. The lowest BCUT2D eigenvalue weighted by Crippen LogP contribution is -2.37. The molecule has 0 saturated heterocycles. The molecule has 0 heterocycles. The van der Waals surface area contributed by atoms with E-state index in [4.69, 9.17) is 15.3 Å². The maximum Gasteiger partial charge on any atom is 0.0700 e. The van der Waals surface area contributed by atoms with Gasteiger partial charge in [0.05, 0.1) is 13.2 Å². The Morgan fingerprint density at radius 1 is 1.11 bits per heavy atom. The summed E-state index contributed by atoms with van der Waals surface area (Å²) in [6.45, 7) is 6.21. The van der Waals surface area contributed by atoms with Crippen LogP contribution >= 0.6 is 0 Å². The van der Waals surface area contributed by atoms with Crippen LogP contribution in [0.3, 0.4) is 0 Å². The van der Waals surface area contributed by atoms with Gasteiger partial charge < -0.3 is 9.47 Å². The highest BCUT2D eigenvalue weighted by Gasteiger charge is 2.08. The van der Waals surface area contributed by atoms with Gasteiger partial charge in [-0.15, -0.1) is 0 Å². The molecule has 1 atom stereocenters. The van der Waals surface area contributed by atoms with E-state index in [2.05, 4.69) is 37.5 Å². The number of nitrogens with two attached hydrogens (primary N) is 1. The molecule has 4 heteroatoms. The van der Waals surface area contributed by atoms with Crippen molar-refractivity contribution < 1.29 is 9.47 Å².